The number of methoxy groups -OCH3 is 1. The Morgan fingerprint density at radius 3 is 2.61 bits per heavy atom. The Hall–Kier alpha value is -3.73. The fraction of sp³-hybridized carbons (Fsp3) is 0.250. The third-order valence-electron chi connectivity index (χ3n) is 4.41. The van der Waals surface area contributed by atoms with E-state index in [1.165, 1.54) is 0 Å². The fourth-order valence-electron chi connectivity index (χ4n) is 2.73. The van der Waals surface area contributed by atoms with Gasteiger partial charge in [-0.05, 0) is 39.0 Å². The average Bonchev–Trinajstić information content (AvgIpc) is 3.15. The maximum atomic E-state index is 12.3. The number of nitrogens with zero attached hydrogens (tertiary/aromatic N) is 1. The first kappa shape index (κ1) is 19.0. The van der Waals surface area contributed by atoms with E-state index in [-0.39, 0.29) is 17.2 Å². The SMILES string of the molecule is COc1ccc2oc(C(=O)OCC(=O)Nc3oc(C)c(C)c3C#N)c(C)c2c1. The van der Waals surface area contributed by atoms with Crippen LogP contribution in [0.1, 0.15) is 33.0 Å². The van der Waals surface area contributed by atoms with Crippen LogP contribution >= 0.6 is 0 Å². The van der Waals surface area contributed by atoms with Crippen LogP contribution in [0.3, 0.4) is 0 Å². The molecule has 0 aliphatic carbocycles. The molecule has 3 rings (SSSR count). The quantitative estimate of drug-likeness (QED) is 0.670. The van der Waals surface area contributed by atoms with E-state index in [9.17, 15) is 9.59 Å². The maximum Gasteiger partial charge on any atom is 0.375 e. The number of benzene rings is 1. The van der Waals surface area contributed by atoms with E-state index >= 15 is 0 Å². The number of nitriles is 1. The zero-order valence-corrected chi connectivity index (χ0v) is 15.8. The Balaban J connectivity index is 1.70. The number of nitrogens with one attached hydrogen (secondary N) is 1. The van der Waals surface area contributed by atoms with Gasteiger partial charge in [-0.1, -0.05) is 0 Å². The molecule has 0 spiro atoms. The minimum absolute atomic E-state index is 0.0125. The largest absolute Gasteiger partial charge is 0.497 e. The summed E-state index contributed by atoms with van der Waals surface area (Å²) in [6, 6.07) is 7.13. The van der Waals surface area contributed by atoms with Crippen LogP contribution in [0.4, 0.5) is 5.88 Å². The maximum absolute atomic E-state index is 12.3. The van der Waals surface area contributed by atoms with Gasteiger partial charge in [-0.2, -0.15) is 5.26 Å². The second-order valence-corrected chi connectivity index (χ2v) is 6.14. The molecule has 2 aromatic heterocycles. The van der Waals surface area contributed by atoms with Crippen molar-refractivity contribution in [3.8, 4) is 11.8 Å². The summed E-state index contributed by atoms with van der Waals surface area (Å²) in [5.74, 6) is -0.196. The predicted octanol–water partition coefficient (Wildman–Crippen LogP) is 3.63. The van der Waals surface area contributed by atoms with Crippen molar-refractivity contribution in [1.82, 2.24) is 0 Å². The van der Waals surface area contributed by atoms with Crippen LogP contribution in [0, 0.1) is 32.1 Å². The van der Waals surface area contributed by atoms with Crippen molar-refractivity contribution in [2.75, 3.05) is 19.0 Å². The summed E-state index contributed by atoms with van der Waals surface area (Å²) in [5, 5.41) is 12.3. The third-order valence-corrected chi connectivity index (χ3v) is 4.41. The number of furan rings is 2. The van der Waals surface area contributed by atoms with Gasteiger partial charge >= 0.3 is 5.97 Å². The van der Waals surface area contributed by atoms with Gasteiger partial charge < -0.3 is 18.3 Å². The van der Waals surface area contributed by atoms with Crippen molar-refractivity contribution in [3.63, 3.8) is 0 Å². The topological polar surface area (TPSA) is 115 Å². The third kappa shape index (κ3) is 3.42. The van der Waals surface area contributed by atoms with Crippen LogP contribution in [-0.2, 0) is 9.53 Å². The van der Waals surface area contributed by atoms with Gasteiger partial charge in [0.2, 0.25) is 11.6 Å². The highest BCUT2D eigenvalue weighted by molar-refractivity contribution is 5.98. The molecule has 0 radical (unpaired) electrons. The molecule has 0 bridgehead atoms. The van der Waals surface area contributed by atoms with Gasteiger partial charge in [0.25, 0.3) is 5.91 Å². The minimum atomic E-state index is -0.768. The lowest BCUT2D eigenvalue weighted by Gasteiger charge is -2.04. The van der Waals surface area contributed by atoms with Crippen molar-refractivity contribution in [3.05, 3.63) is 46.4 Å². The Morgan fingerprint density at radius 1 is 1.18 bits per heavy atom. The highest BCUT2D eigenvalue weighted by atomic mass is 16.5. The average molecular weight is 382 g/mol. The van der Waals surface area contributed by atoms with Crippen LogP contribution < -0.4 is 10.1 Å². The summed E-state index contributed by atoms with van der Waals surface area (Å²) >= 11 is 0. The van der Waals surface area contributed by atoms with E-state index in [2.05, 4.69) is 5.32 Å². The Morgan fingerprint density at radius 2 is 1.93 bits per heavy atom. The van der Waals surface area contributed by atoms with Gasteiger partial charge in [0.15, 0.2) is 6.61 Å². The Bertz CT molecular complexity index is 1120. The molecule has 2 heterocycles. The number of anilines is 1. The summed E-state index contributed by atoms with van der Waals surface area (Å²) in [5.41, 5.74) is 1.97. The first-order valence-corrected chi connectivity index (χ1v) is 8.40. The molecule has 0 aliphatic rings. The van der Waals surface area contributed by atoms with E-state index in [1.807, 2.05) is 6.07 Å². The van der Waals surface area contributed by atoms with E-state index in [4.69, 9.17) is 23.6 Å². The number of rotatable bonds is 5. The monoisotopic (exact) mass is 382 g/mol. The van der Waals surface area contributed by atoms with E-state index in [0.29, 0.717) is 28.2 Å². The summed E-state index contributed by atoms with van der Waals surface area (Å²) in [4.78, 5) is 24.4. The highest BCUT2D eigenvalue weighted by Gasteiger charge is 2.22. The second-order valence-electron chi connectivity index (χ2n) is 6.14. The Labute approximate surface area is 160 Å². The van der Waals surface area contributed by atoms with Crippen molar-refractivity contribution >= 4 is 28.7 Å². The van der Waals surface area contributed by atoms with Crippen LogP contribution in [-0.4, -0.2) is 25.6 Å². The number of aryl methyl sites for hydroxylation is 2. The van der Waals surface area contributed by atoms with E-state index in [0.717, 1.165) is 5.39 Å². The predicted molar refractivity (Wildman–Crippen MR) is 99.3 cm³/mol. The smallest absolute Gasteiger partial charge is 0.375 e. The number of carbonyl (C=O) groups excluding carboxylic acids is 2. The summed E-state index contributed by atoms with van der Waals surface area (Å²) in [6.45, 7) is 4.56. The molecule has 8 nitrogen and oxygen atoms in total. The zero-order chi connectivity index (χ0) is 20.4. The van der Waals surface area contributed by atoms with Gasteiger partial charge in [0, 0.05) is 16.5 Å². The molecule has 1 amide bonds. The first-order chi connectivity index (χ1) is 13.3. The first-order valence-electron chi connectivity index (χ1n) is 8.40. The van der Waals surface area contributed by atoms with Gasteiger partial charge in [0.1, 0.15) is 28.7 Å². The van der Waals surface area contributed by atoms with Crippen LogP contribution in [0.25, 0.3) is 11.0 Å². The number of hydrogen-bond acceptors (Lipinski definition) is 7. The van der Waals surface area contributed by atoms with E-state index < -0.39 is 18.5 Å². The second kappa shape index (κ2) is 7.48. The standard InChI is InChI=1S/C20H18N2O6/c1-10-12(3)27-19(15(10)8-21)22-17(23)9-26-20(24)18-11(2)14-7-13(25-4)5-6-16(14)28-18/h5-7H,9H2,1-4H3,(H,22,23). The normalized spacial score (nSPS) is 10.5. The fourth-order valence-corrected chi connectivity index (χ4v) is 2.73. The molecule has 0 unspecified atom stereocenters. The molecular formula is C20H18N2O6. The van der Waals surface area contributed by atoms with Crippen LogP contribution in [0.15, 0.2) is 27.0 Å². The summed E-state index contributed by atoms with van der Waals surface area (Å²) < 4.78 is 21.1. The van der Waals surface area contributed by atoms with Crippen LogP contribution in [0.2, 0.25) is 0 Å². The van der Waals surface area contributed by atoms with Crippen molar-refractivity contribution < 1.29 is 27.9 Å². The van der Waals surface area contributed by atoms with Gasteiger partial charge in [-0.25, -0.2) is 4.79 Å². The number of hydrogen-bond donors (Lipinski definition) is 1. The molecule has 0 saturated heterocycles. The molecule has 8 heteroatoms. The molecule has 3 aromatic rings. The molecule has 0 fully saturated rings. The lowest BCUT2D eigenvalue weighted by Crippen LogP contribution is -2.21. The zero-order valence-electron chi connectivity index (χ0n) is 15.8. The number of fused-ring (bicyclic) bond motifs is 1. The molecule has 28 heavy (non-hydrogen) atoms. The van der Waals surface area contributed by atoms with Crippen molar-refractivity contribution in [1.29, 1.82) is 5.26 Å². The highest BCUT2D eigenvalue weighted by Crippen LogP contribution is 2.29. The summed E-state index contributed by atoms with van der Waals surface area (Å²) in [6.07, 6.45) is 0. The minimum Gasteiger partial charge on any atom is -0.497 e. The van der Waals surface area contributed by atoms with Gasteiger partial charge in [-0.15, -0.1) is 0 Å². The molecule has 144 valence electrons. The molecule has 1 N–H and O–H groups in total. The molecule has 0 atom stereocenters. The van der Waals surface area contributed by atoms with Crippen molar-refractivity contribution in [2.45, 2.75) is 20.8 Å². The number of carbonyl (C=O) groups is 2. The Kier molecular flexibility index (Phi) is 5.09. The van der Waals surface area contributed by atoms with E-state index in [1.54, 1.807) is 46.1 Å². The molecule has 0 saturated carbocycles. The summed E-state index contributed by atoms with van der Waals surface area (Å²) in [7, 11) is 1.55. The number of esters is 1. The van der Waals surface area contributed by atoms with Gasteiger partial charge in [-0.3, -0.25) is 10.1 Å². The number of ether oxygens (including phenoxy) is 2. The molecule has 1 aromatic carbocycles. The number of amides is 1. The molecule has 0 aliphatic heterocycles. The van der Waals surface area contributed by atoms with Crippen LogP contribution in [0.5, 0.6) is 5.75 Å². The van der Waals surface area contributed by atoms with Crippen molar-refractivity contribution in [2.24, 2.45) is 0 Å². The molecular weight excluding hydrogens is 364 g/mol. The lowest BCUT2D eigenvalue weighted by atomic mass is 10.1. The lowest BCUT2D eigenvalue weighted by molar-refractivity contribution is -0.119. The van der Waals surface area contributed by atoms with Gasteiger partial charge in [0.05, 0.1) is 7.11 Å².